The van der Waals surface area contributed by atoms with Crippen molar-refractivity contribution in [2.24, 2.45) is 0 Å². The predicted octanol–water partition coefficient (Wildman–Crippen LogP) is 1.59. The molecule has 2 heterocycles. The van der Waals surface area contributed by atoms with Gasteiger partial charge in [0.1, 0.15) is 0 Å². The topological polar surface area (TPSA) is 95.9 Å². The minimum absolute atomic E-state index is 0.0644. The lowest BCUT2D eigenvalue weighted by Crippen LogP contribution is -2.43. The molecule has 2 atom stereocenters. The van der Waals surface area contributed by atoms with Crippen LogP contribution in [0.4, 0.5) is 5.69 Å². The molecule has 0 bridgehead atoms. The molecule has 0 unspecified atom stereocenters. The van der Waals surface area contributed by atoms with E-state index in [4.69, 9.17) is 9.84 Å². The number of ether oxygens (including phenoxy) is 1. The Hall–Kier alpha value is -2.41. The summed E-state index contributed by atoms with van der Waals surface area (Å²) in [7, 11) is 0. The van der Waals surface area contributed by atoms with Crippen LogP contribution in [0.5, 0.6) is 0 Å². The highest BCUT2D eigenvalue weighted by Crippen LogP contribution is 2.33. The molecule has 1 fully saturated rings. The number of para-hydroxylation sites is 1. The summed E-state index contributed by atoms with van der Waals surface area (Å²) < 4.78 is 5.60. The fourth-order valence-electron chi connectivity index (χ4n) is 3.41. The Morgan fingerprint density at radius 1 is 1.32 bits per heavy atom. The Labute approximate surface area is 146 Å². The third kappa shape index (κ3) is 4.17. The maximum absolute atomic E-state index is 13.1. The van der Waals surface area contributed by atoms with Gasteiger partial charge in [0.25, 0.3) is 0 Å². The number of aliphatic carboxylic acids is 1. The lowest BCUT2D eigenvalue weighted by Gasteiger charge is -2.31. The molecule has 0 spiro atoms. The number of anilines is 1. The van der Waals surface area contributed by atoms with Crippen LogP contribution < -0.4 is 5.32 Å². The van der Waals surface area contributed by atoms with Crippen LogP contribution in [0.25, 0.3) is 0 Å². The van der Waals surface area contributed by atoms with Crippen molar-refractivity contribution in [2.75, 3.05) is 25.0 Å². The van der Waals surface area contributed by atoms with Crippen molar-refractivity contribution in [1.82, 2.24) is 4.90 Å². The van der Waals surface area contributed by atoms with Gasteiger partial charge < -0.3 is 20.1 Å². The molecule has 0 aliphatic carbocycles. The lowest BCUT2D eigenvalue weighted by atomic mass is 9.89. The Morgan fingerprint density at radius 2 is 2.12 bits per heavy atom. The lowest BCUT2D eigenvalue weighted by molar-refractivity contribution is -0.140. The second-order valence-corrected chi connectivity index (χ2v) is 6.46. The molecule has 134 valence electrons. The highest BCUT2D eigenvalue weighted by Gasteiger charge is 2.34. The van der Waals surface area contributed by atoms with Gasteiger partial charge in [-0.3, -0.25) is 14.4 Å². The number of amides is 2. The van der Waals surface area contributed by atoms with Crippen molar-refractivity contribution >= 4 is 23.5 Å². The van der Waals surface area contributed by atoms with Crippen LogP contribution in [0, 0.1) is 0 Å². The second kappa shape index (κ2) is 7.65. The number of nitrogens with zero attached hydrogens (tertiary/aromatic N) is 1. The van der Waals surface area contributed by atoms with Crippen molar-refractivity contribution in [1.29, 1.82) is 0 Å². The van der Waals surface area contributed by atoms with Gasteiger partial charge in [0.05, 0.1) is 18.4 Å². The van der Waals surface area contributed by atoms with Gasteiger partial charge in [-0.05, 0) is 24.5 Å². The molecule has 3 rings (SSSR count). The van der Waals surface area contributed by atoms with E-state index in [1.807, 2.05) is 12.1 Å². The summed E-state index contributed by atoms with van der Waals surface area (Å²) in [6.45, 7) is 1.15. The number of hydrogen-bond acceptors (Lipinski definition) is 4. The molecular formula is C18H22N2O5. The van der Waals surface area contributed by atoms with Crippen molar-refractivity contribution in [3.8, 4) is 0 Å². The van der Waals surface area contributed by atoms with Gasteiger partial charge in [0, 0.05) is 31.8 Å². The van der Waals surface area contributed by atoms with Gasteiger partial charge >= 0.3 is 5.97 Å². The van der Waals surface area contributed by atoms with Gasteiger partial charge in [-0.1, -0.05) is 18.2 Å². The zero-order valence-corrected chi connectivity index (χ0v) is 13.9. The molecular weight excluding hydrogens is 324 g/mol. The molecule has 7 heteroatoms. The van der Waals surface area contributed by atoms with Crippen LogP contribution >= 0.6 is 0 Å². The summed E-state index contributed by atoms with van der Waals surface area (Å²) in [5, 5.41) is 11.8. The molecule has 7 nitrogen and oxygen atoms in total. The molecule has 0 aromatic heterocycles. The van der Waals surface area contributed by atoms with E-state index >= 15 is 0 Å². The number of carbonyl (C=O) groups is 3. The van der Waals surface area contributed by atoms with Crippen LogP contribution in [0.2, 0.25) is 0 Å². The molecule has 2 N–H and O–H groups in total. The average molecular weight is 346 g/mol. The fourth-order valence-corrected chi connectivity index (χ4v) is 3.41. The largest absolute Gasteiger partial charge is 0.481 e. The van der Waals surface area contributed by atoms with E-state index < -0.39 is 11.9 Å². The normalized spacial score (nSPS) is 22.2. The minimum atomic E-state index is -0.952. The van der Waals surface area contributed by atoms with E-state index in [2.05, 4.69) is 5.32 Å². The van der Waals surface area contributed by atoms with E-state index in [0.29, 0.717) is 18.8 Å². The van der Waals surface area contributed by atoms with E-state index in [0.717, 1.165) is 18.4 Å². The maximum atomic E-state index is 13.1. The van der Waals surface area contributed by atoms with Crippen LogP contribution in [0.3, 0.4) is 0 Å². The number of nitrogens with one attached hydrogen (secondary N) is 1. The highest BCUT2D eigenvalue weighted by atomic mass is 16.5. The third-order valence-electron chi connectivity index (χ3n) is 4.65. The molecule has 1 aromatic rings. The first-order chi connectivity index (χ1) is 12.0. The summed E-state index contributed by atoms with van der Waals surface area (Å²) in [5.41, 5.74) is 1.42. The first kappa shape index (κ1) is 17.4. The van der Waals surface area contributed by atoms with Gasteiger partial charge in [-0.2, -0.15) is 0 Å². The Bertz CT molecular complexity index is 669. The van der Waals surface area contributed by atoms with Crippen LogP contribution in [0.15, 0.2) is 24.3 Å². The van der Waals surface area contributed by atoms with E-state index in [1.165, 1.54) is 0 Å². The first-order valence-electron chi connectivity index (χ1n) is 8.55. The predicted molar refractivity (Wildman–Crippen MR) is 90.2 cm³/mol. The summed E-state index contributed by atoms with van der Waals surface area (Å²) in [5.74, 6) is -1.95. The quantitative estimate of drug-likeness (QED) is 0.815. The van der Waals surface area contributed by atoms with Crippen molar-refractivity contribution < 1.29 is 24.2 Å². The molecule has 0 saturated carbocycles. The Morgan fingerprint density at radius 3 is 2.84 bits per heavy atom. The summed E-state index contributed by atoms with van der Waals surface area (Å²) in [4.78, 5) is 37.6. The number of carboxylic acid groups (broad SMARTS) is 1. The molecule has 0 radical (unpaired) electrons. The zero-order valence-electron chi connectivity index (χ0n) is 13.9. The summed E-state index contributed by atoms with van der Waals surface area (Å²) in [6, 6.07) is 7.24. The van der Waals surface area contributed by atoms with Gasteiger partial charge in [0.15, 0.2) is 0 Å². The molecule has 2 amide bonds. The zero-order chi connectivity index (χ0) is 17.8. The van der Waals surface area contributed by atoms with Gasteiger partial charge in [0.2, 0.25) is 11.8 Å². The number of carbonyl (C=O) groups excluding carboxylic acids is 2. The van der Waals surface area contributed by atoms with Gasteiger partial charge in [-0.25, -0.2) is 0 Å². The number of hydrogen-bond donors (Lipinski definition) is 2. The Kier molecular flexibility index (Phi) is 5.33. The Balaban J connectivity index is 1.80. The van der Waals surface area contributed by atoms with Crippen molar-refractivity contribution in [2.45, 2.75) is 37.7 Å². The van der Waals surface area contributed by atoms with Crippen molar-refractivity contribution in [3.63, 3.8) is 0 Å². The van der Waals surface area contributed by atoms with E-state index in [-0.39, 0.29) is 37.3 Å². The summed E-state index contributed by atoms with van der Waals surface area (Å²) >= 11 is 0. The highest BCUT2D eigenvalue weighted by molar-refractivity contribution is 6.01. The van der Waals surface area contributed by atoms with Gasteiger partial charge in [-0.15, -0.1) is 0 Å². The average Bonchev–Trinajstić information content (AvgIpc) is 3.10. The summed E-state index contributed by atoms with van der Waals surface area (Å²) in [6.07, 6.45) is 1.69. The third-order valence-corrected chi connectivity index (χ3v) is 4.65. The van der Waals surface area contributed by atoms with E-state index in [1.54, 1.807) is 17.0 Å². The SMILES string of the molecule is O=C(O)CCN(C[C@H]1CCCO1)C(=O)[C@H]1CC(=O)Nc2ccccc21. The van der Waals surface area contributed by atoms with Crippen molar-refractivity contribution in [3.05, 3.63) is 29.8 Å². The molecule has 1 aromatic carbocycles. The molecule has 2 aliphatic heterocycles. The molecule has 2 aliphatic rings. The number of benzene rings is 1. The van der Waals surface area contributed by atoms with E-state index in [9.17, 15) is 14.4 Å². The number of rotatable bonds is 6. The standard InChI is InChI=1S/C18H22N2O5/c21-16-10-14(13-5-1-2-6-15(13)19-16)18(24)20(8-7-17(22)23)11-12-4-3-9-25-12/h1-2,5-6,12,14H,3-4,7-11H2,(H,19,21)(H,22,23)/t12-,14+/m1/s1. The fraction of sp³-hybridized carbons (Fsp3) is 0.500. The van der Waals surface area contributed by atoms with Crippen LogP contribution in [-0.2, 0) is 19.1 Å². The van der Waals surface area contributed by atoms with Crippen LogP contribution in [0.1, 0.15) is 37.2 Å². The smallest absolute Gasteiger partial charge is 0.305 e. The second-order valence-electron chi connectivity index (χ2n) is 6.46. The molecule has 1 saturated heterocycles. The minimum Gasteiger partial charge on any atom is -0.481 e. The molecule has 25 heavy (non-hydrogen) atoms. The number of carboxylic acids is 1. The number of fused-ring (bicyclic) bond motifs is 1. The first-order valence-corrected chi connectivity index (χ1v) is 8.55. The monoisotopic (exact) mass is 346 g/mol. The van der Waals surface area contributed by atoms with Crippen LogP contribution in [-0.4, -0.2) is 53.6 Å². The maximum Gasteiger partial charge on any atom is 0.305 e.